The summed E-state index contributed by atoms with van der Waals surface area (Å²) in [5, 5.41) is 9.39. The van der Waals surface area contributed by atoms with E-state index in [1.807, 2.05) is 24.4 Å². The number of nitrogens with zero attached hydrogens (tertiary/aromatic N) is 2. The molecule has 2 aromatic rings. The van der Waals surface area contributed by atoms with Crippen LogP contribution in [0.3, 0.4) is 0 Å². The van der Waals surface area contributed by atoms with Crippen LogP contribution in [0.15, 0.2) is 42.6 Å². The van der Waals surface area contributed by atoms with E-state index < -0.39 is 5.97 Å². The molecule has 3 rings (SSSR count). The van der Waals surface area contributed by atoms with E-state index in [9.17, 15) is 14.3 Å². The van der Waals surface area contributed by atoms with E-state index in [4.69, 9.17) is 0 Å². The van der Waals surface area contributed by atoms with E-state index in [1.54, 1.807) is 6.07 Å². The number of aliphatic carboxylic acids is 1. The summed E-state index contributed by atoms with van der Waals surface area (Å²) in [5.41, 5.74) is 2.78. The van der Waals surface area contributed by atoms with Crippen molar-refractivity contribution in [2.24, 2.45) is 5.92 Å². The molecule has 1 aromatic carbocycles. The number of aryl methyl sites for hydroxylation is 1. The van der Waals surface area contributed by atoms with Gasteiger partial charge in [0.15, 0.2) is 0 Å². The van der Waals surface area contributed by atoms with Crippen LogP contribution in [0.25, 0.3) is 0 Å². The number of benzene rings is 1. The standard InChI is InChI=1S/C20H23FN2O2/c1-2-14-8-9-18(22-12-14)19(15-5-3-7-17(21)11-15)23-10-4-6-16(13-23)20(24)25/h3,5,7-9,11-12,16,19H,2,4,6,10,13H2,1H3,(H,24,25). The first kappa shape index (κ1) is 17.5. The third kappa shape index (κ3) is 4.04. The number of piperidine rings is 1. The molecule has 0 spiro atoms. The number of hydrogen-bond acceptors (Lipinski definition) is 3. The van der Waals surface area contributed by atoms with Crippen LogP contribution in [0.1, 0.15) is 42.6 Å². The lowest BCUT2D eigenvalue weighted by Crippen LogP contribution is -2.41. The molecule has 1 aromatic heterocycles. The fraction of sp³-hybridized carbons (Fsp3) is 0.400. The molecule has 0 amide bonds. The molecule has 5 heteroatoms. The number of carbonyl (C=O) groups is 1. The first-order chi connectivity index (χ1) is 12.1. The average Bonchev–Trinajstić information content (AvgIpc) is 2.63. The van der Waals surface area contributed by atoms with Crippen LogP contribution in [0, 0.1) is 11.7 Å². The highest BCUT2D eigenvalue weighted by Gasteiger charge is 2.32. The second kappa shape index (κ2) is 7.74. The van der Waals surface area contributed by atoms with E-state index in [2.05, 4.69) is 16.8 Å². The van der Waals surface area contributed by atoms with Crippen LogP contribution in [0.4, 0.5) is 4.39 Å². The second-order valence-corrected chi connectivity index (χ2v) is 6.57. The zero-order valence-electron chi connectivity index (χ0n) is 14.4. The molecule has 0 bridgehead atoms. The summed E-state index contributed by atoms with van der Waals surface area (Å²) in [7, 11) is 0. The molecule has 2 atom stereocenters. The molecular formula is C20H23FN2O2. The predicted octanol–water partition coefficient (Wildman–Crippen LogP) is 3.67. The van der Waals surface area contributed by atoms with Crippen molar-refractivity contribution in [2.75, 3.05) is 13.1 Å². The molecule has 1 saturated heterocycles. The Morgan fingerprint density at radius 1 is 1.40 bits per heavy atom. The van der Waals surface area contributed by atoms with Crippen LogP contribution < -0.4 is 0 Å². The normalized spacial score (nSPS) is 19.5. The quantitative estimate of drug-likeness (QED) is 0.901. The molecule has 1 fully saturated rings. The highest BCUT2D eigenvalue weighted by molar-refractivity contribution is 5.70. The molecular weight excluding hydrogens is 319 g/mol. The lowest BCUT2D eigenvalue weighted by molar-refractivity contribution is -0.143. The summed E-state index contributed by atoms with van der Waals surface area (Å²) in [6, 6.07) is 10.3. The minimum absolute atomic E-state index is 0.233. The molecule has 1 aliphatic rings. The van der Waals surface area contributed by atoms with Crippen molar-refractivity contribution in [1.29, 1.82) is 0 Å². The topological polar surface area (TPSA) is 53.4 Å². The maximum absolute atomic E-state index is 13.8. The van der Waals surface area contributed by atoms with Crippen molar-refractivity contribution < 1.29 is 14.3 Å². The van der Waals surface area contributed by atoms with Crippen molar-refractivity contribution in [3.63, 3.8) is 0 Å². The number of hydrogen-bond donors (Lipinski definition) is 1. The Labute approximate surface area is 147 Å². The summed E-state index contributed by atoms with van der Waals surface area (Å²) >= 11 is 0. The molecule has 0 aliphatic carbocycles. The number of carboxylic acids is 1. The van der Waals surface area contributed by atoms with Gasteiger partial charge >= 0.3 is 5.97 Å². The fourth-order valence-corrected chi connectivity index (χ4v) is 3.49. The van der Waals surface area contributed by atoms with Crippen LogP contribution in [-0.4, -0.2) is 34.0 Å². The van der Waals surface area contributed by atoms with Crippen LogP contribution >= 0.6 is 0 Å². The molecule has 25 heavy (non-hydrogen) atoms. The zero-order valence-corrected chi connectivity index (χ0v) is 14.4. The van der Waals surface area contributed by atoms with E-state index in [0.29, 0.717) is 13.0 Å². The first-order valence-electron chi connectivity index (χ1n) is 8.75. The Morgan fingerprint density at radius 3 is 2.88 bits per heavy atom. The van der Waals surface area contributed by atoms with E-state index in [0.717, 1.165) is 36.2 Å². The van der Waals surface area contributed by atoms with Crippen molar-refractivity contribution in [2.45, 2.75) is 32.2 Å². The van der Waals surface area contributed by atoms with Crippen molar-refractivity contribution in [3.8, 4) is 0 Å². The summed E-state index contributed by atoms with van der Waals surface area (Å²) in [6.45, 7) is 3.30. The number of rotatable bonds is 5. The van der Waals surface area contributed by atoms with E-state index >= 15 is 0 Å². The third-order valence-electron chi connectivity index (χ3n) is 4.87. The smallest absolute Gasteiger partial charge is 0.307 e. The van der Waals surface area contributed by atoms with Gasteiger partial charge in [-0.1, -0.05) is 25.1 Å². The number of carboxylic acid groups (broad SMARTS) is 1. The minimum atomic E-state index is -0.767. The lowest BCUT2D eigenvalue weighted by atomic mass is 9.93. The summed E-state index contributed by atoms with van der Waals surface area (Å²) in [4.78, 5) is 18.1. The maximum atomic E-state index is 13.8. The van der Waals surface area contributed by atoms with Gasteiger partial charge in [0.05, 0.1) is 17.7 Å². The van der Waals surface area contributed by atoms with Gasteiger partial charge in [0.1, 0.15) is 5.82 Å². The highest BCUT2D eigenvalue weighted by atomic mass is 19.1. The van der Waals surface area contributed by atoms with Gasteiger partial charge < -0.3 is 5.11 Å². The van der Waals surface area contributed by atoms with Crippen LogP contribution in [-0.2, 0) is 11.2 Å². The molecule has 0 radical (unpaired) electrons. The van der Waals surface area contributed by atoms with Crippen LogP contribution in [0.2, 0.25) is 0 Å². The average molecular weight is 342 g/mol. The molecule has 4 nitrogen and oxygen atoms in total. The molecule has 132 valence electrons. The van der Waals surface area contributed by atoms with Crippen molar-refractivity contribution in [3.05, 3.63) is 65.2 Å². The molecule has 2 unspecified atom stereocenters. The van der Waals surface area contributed by atoms with Gasteiger partial charge in [-0.05, 0) is 55.1 Å². The Hall–Kier alpha value is -2.27. The van der Waals surface area contributed by atoms with Gasteiger partial charge in [-0.3, -0.25) is 14.7 Å². The minimum Gasteiger partial charge on any atom is -0.481 e. The van der Waals surface area contributed by atoms with Gasteiger partial charge in [0.25, 0.3) is 0 Å². The third-order valence-corrected chi connectivity index (χ3v) is 4.87. The number of likely N-dealkylation sites (tertiary alicyclic amines) is 1. The number of halogens is 1. The van der Waals surface area contributed by atoms with Gasteiger partial charge in [0.2, 0.25) is 0 Å². The first-order valence-corrected chi connectivity index (χ1v) is 8.75. The zero-order chi connectivity index (χ0) is 17.8. The largest absolute Gasteiger partial charge is 0.481 e. The maximum Gasteiger partial charge on any atom is 0.307 e. The van der Waals surface area contributed by atoms with E-state index in [-0.39, 0.29) is 17.8 Å². The summed E-state index contributed by atoms with van der Waals surface area (Å²) in [6.07, 6.45) is 4.25. The Balaban J connectivity index is 1.97. The molecule has 1 aliphatic heterocycles. The van der Waals surface area contributed by atoms with Gasteiger partial charge in [-0.25, -0.2) is 4.39 Å². The van der Waals surface area contributed by atoms with E-state index in [1.165, 1.54) is 12.1 Å². The molecule has 2 heterocycles. The Bertz CT molecular complexity index is 733. The lowest BCUT2D eigenvalue weighted by Gasteiger charge is -2.37. The fourth-order valence-electron chi connectivity index (χ4n) is 3.49. The molecule has 0 saturated carbocycles. The van der Waals surface area contributed by atoms with Gasteiger partial charge in [0, 0.05) is 12.7 Å². The molecule has 1 N–H and O–H groups in total. The monoisotopic (exact) mass is 342 g/mol. The van der Waals surface area contributed by atoms with Gasteiger partial charge in [-0.15, -0.1) is 0 Å². The summed E-state index contributed by atoms with van der Waals surface area (Å²) < 4.78 is 13.8. The Morgan fingerprint density at radius 2 is 2.24 bits per heavy atom. The predicted molar refractivity (Wildman–Crippen MR) is 93.8 cm³/mol. The van der Waals surface area contributed by atoms with Gasteiger partial charge in [-0.2, -0.15) is 0 Å². The number of aromatic nitrogens is 1. The highest BCUT2D eigenvalue weighted by Crippen LogP contribution is 2.32. The van der Waals surface area contributed by atoms with Crippen LogP contribution in [0.5, 0.6) is 0 Å². The van der Waals surface area contributed by atoms with Crippen molar-refractivity contribution in [1.82, 2.24) is 9.88 Å². The summed E-state index contributed by atoms with van der Waals surface area (Å²) in [5.74, 6) is -1.45. The van der Waals surface area contributed by atoms with Crippen molar-refractivity contribution >= 4 is 5.97 Å². The second-order valence-electron chi connectivity index (χ2n) is 6.57. The SMILES string of the molecule is CCc1ccc(C(c2cccc(F)c2)N2CCCC(C(=O)O)C2)nc1. The number of pyridine rings is 1. The Kier molecular flexibility index (Phi) is 5.43.